The zero-order chi connectivity index (χ0) is 14.8. The number of nitrogens with zero attached hydrogens (tertiary/aromatic N) is 3. The lowest BCUT2D eigenvalue weighted by molar-refractivity contribution is 0.681. The van der Waals surface area contributed by atoms with Gasteiger partial charge in [0.15, 0.2) is 4.34 Å². The van der Waals surface area contributed by atoms with Gasteiger partial charge in [-0.15, -0.1) is 11.3 Å². The molecule has 0 aliphatic rings. The van der Waals surface area contributed by atoms with E-state index in [1.54, 1.807) is 10.9 Å². The monoisotopic (exact) mass is 317 g/mol. The Balaban J connectivity index is 1.74. The SMILES string of the molecule is Cc1nc(S(=O)Cc2ccc(-n3cccn3)cc2)sc1C. The standard InChI is InChI=1S/C15H15N3OS2/c1-11-12(2)20-15(17-11)21(19)10-13-4-6-14(7-5-13)18-9-3-8-16-18/h3-9H,10H2,1-2H3. The zero-order valence-electron chi connectivity index (χ0n) is 11.8. The van der Waals surface area contributed by atoms with Gasteiger partial charge in [-0.05, 0) is 37.6 Å². The minimum Gasteiger partial charge on any atom is -0.252 e. The van der Waals surface area contributed by atoms with Crippen molar-refractivity contribution in [2.45, 2.75) is 23.9 Å². The molecule has 3 aromatic rings. The number of aryl methyl sites for hydroxylation is 2. The van der Waals surface area contributed by atoms with Crippen LogP contribution in [0.25, 0.3) is 5.69 Å². The molecule has 2 heterocycles. The van der Waals surface area contributed by atoms with Gasteiger partial charge in [0, 0.05) is 17.3 Å². The van der Waals surface area contributed by atoms with E-state index in [0.717, 1.165) is 21.8 Å². The molecule has 108 valence electrons. The highest BCUT2D eigenvalue weighted by atomic mass is 32.2. The van der Waals surface area contributed by atoms with Gasteiger partial charge in [0.2, 0.25) is 0 Å². The minimum absolute atomic E-state index is 0.492. The van der Waals surface area contributed by atoms with Crippen LogP contribution in [-0.2, 0) is 16.6 Å². The van der Waals surface area contributed by atoms with Crippen LogP contribution in [0.1, 0.15) is 16.1 Å². The van der Waals surface area contributed by atoms with Crippen molar-refractivity contribution in [2.75, 3.05) is 0 Å². The van der Waals surface area contributed by atoms with Crippen molar-refractivity contribution < 1.29 is 4.21 Å². The average molecular weight is 317 g/mol. The van der Waals surface area contributed by atoms with Crippen molar-refractivity contribution in [3.63, 3.8) is 0 Å². The molecule has 0 saturated carbocycles. The molecule has 2 aromatic heterocycles. The predicted octanol–water partition coefficient (Wildman–Crippen LogP) is 3.25. The molecule has 0 N–H and O–H groups in total. The highest BCUT2D eigenvalue weighted by molar-refractivity contribution is 7.86. The molecule has 6 heteroatoms. The number of thiazole rings is 1. The molecule has 4 nitrogen and oxygen atoms in total. The maximum absolute atomic E-state index is 12.3. The van der Waals surface area contributed by atoms with Crippen LogP contribution in [0, 0.1) is 13.8 Å². The smallest absolute Gasteiger partial charge is 0.181 e. The number of rotatable bonds is 4. The third kappa shape index (κ3) is 3.11. The van der Waals surface area contributed by atoms with Crippen LogP contribution in [-0.4, -0.2) is 19.0 Å². The molecule has 0 saturated heterocycles. The molecular formula is C15H15N3OS2. The lowest BCUT2D eigenvalue weighted by atomic mass is 10.2. The molecule has 0 aliphatic heterocycles. The molecule has 0 amide bonds. The van der Waals surface area contributed by atoms with Gasteiger partial charge in [0.05, 0.1) is 27.9 Å². The summed E-state index contributed by atoms with van der Waals surface area (Å²) in [6, 6.07) is 9.83. The molecule has 0 bridgehead atoms. The second-order valence-electron chi connectivity index (χ2n) is 4.73. The Hall–Kier alpha value is -1.79. The lowest BCUT2D eigenvalue weighted by Gasteiger charge is -2.03. The second kappa shape index (κ2) is 5.91. The van der Waals surface area contributed by atoms with Gasteiger partial charge in [-0.3, -0.25) is 4.21 Å². The fourth-order valence-corrected chi connectivity index (χ4v) is 4.34. The molecule has 3 rings (SSSR count). The highest BCUT2D eigenvalue weighted by Crippen LogP contribution is 2.22. The molecule has 21 heavy (non-hydrogen) atoms. The van der Waals surface area contributed by atoms with Gasteiger partial charge in [-0.25, -0.2) is 9.67 Å². The normalized spacial score (nSPS) is 12.5. The minimum atomic E-state index is -1.08. The van der Waals surface area contributed by atoms with Crippen molar-refractivity contribution in [1.29, 1.82) is 0 Å². The first-order valence-electron chi connectivity index (χ1n) is 6.55. The molecule has 1 aromatic carbocycles. The van der Waals surface area contributed by atoms with Gasteiger partial charge in [0.1, 0.15) is 0 Å². The van der Waals surface area contributed by atoms with Gasteiger partial charge in [-0.1, -0.05) is 12.1 Å². The van der Waals surface area contributed by atoms with Crippen LogP contribution in [0.5, 0.6) is 0 Å². The first-order chi connectivity index (χ1) is 10.1. The molecule has 1 unspecified atom stereocenters. The zero-order valence-corrected chi connectivity index (χ0v) is 13.4. The van der Waals surface area contributed by atoms with Crippen LogP contribution in [0.2, 0.25) is 0 Å². The average Bonchev–Trinajstić information content (AvgIpc) is 3.11. The van der Waals surface area contributed by atoms with Gasteiger partial charge in [-0.2, -0.15) is 5.10 Å². The van der Waals surface area contributed by atoms with E-state index in [1.165, 1.54) is 11.3 Å². The number of hydrogen-bond acceptors (Lipinski definition) is 4. The highest BCUT2D eigenvalue weighted by Gasteiger charge is 2.11. The van der Waals surface area contributed by atoms with E-state index in [0.29, 0.717) is 10.1 Å². The van der Waals surface area contributed by atoms with Crippen molar-refractivity contribution in [3.05, 3.63) is 58.9 Å². The topological polar surface area (TPSA) is 47.8 Å². The summed E-state index contributed by atoms with van der Waals surface area (Å²) < 4.78 is 14.8. The summed E-state index contributed by atoms with van der Waals surface area (Å²) >= 11 is 1.52. The van der Waals surface area contributed by atoms with E-state index in [-0.39, 0.29) is 0 Å². The van der Waals surface area contributed by atoms with E-state index in [4.69, 9.17) is 0 Å². The van der Waals surface area contributed by atoms with E-state index < -0.39 is 10.8 Å². The number of hydrogen-bond donors (Lipinski definition) is 0. The Kier molecular flexibility index (Phi) is 3.98. The van der Waals surface area contributed by atoms with Crippen molar-refractivity contribution in [1.82, 2.24) is 14.8 Å². The van der Waals surface area contributed by atoms with Crippen LogP contribution < -0.4 is 0 Å². The molecule has 0 fully saturated rings. The fourth-order valence-electron chi connectivity index (χ4n) is 1.92. The van der Waals surface area contributed by atoms with Crippen LogP contribution in [0.4, 0.5) is 0 Å². The summed E-state index contributed by atoms with van der Waals surface area (Å²) in [6.07, 6.45) is 3.64. The summed E-state index contributed by atoms with van der Waals surface area (Å²) in [5.41, 5.74) is 3.00. The Bertz CT molecular complexity index is 741. The maximum Gasteiger partial charge on any atom is 0.181 e. The van der Waals surface area contributed by atoms with Crippen molar-refractivity contribution in [3.8, 4) is 5.69 Å². The maximum atomic E-state index is 12.3. The van der Waals surface area contributed by atoms with Gasteiger partial charge < -0.3 is 0 Å². The number of benzene rings is 1. The summed E-state index contributed by atoms with van der Waals surface area (Å²) in [6.45, 7) is 3.96. The van der Waals surface area contributed by atoms with Crippen molar-refractivity contribution >= 4 is 22.1 Å². The molecule has 0 radical (unpaired) electrons. The van der Waals surface area contributed by atoms with E-state index in [2.05, 4.69) is 10.1 Å². The van der Waals surface area contributed by atoms with Crippen LogP contribution in [0.15, 0.2) is 47.1 Å². The Labute approximate surface area is 129 Å². The van der Waals surface area contributed by atoms with Crippen LogP contribution >= 0.6 is 11.3 Å². The predicted molar refractivity (Wildman–Crippen MR) is 85.3 cm³/mol. The third-order valence-electron chi connectivity index (χ3n) is 3.21. The molecule has 1 atom stereocenters. The first-order valence-corrected chi connectivity index (χ1v) is 8.68. The summed E-state index contributed by atoms with van der Waals surface area (Å²) in [5.74, 6) is 0.492. The first kappa shape index (κ1) is 14.2. The molecule has 0 spiro atoms. The van der Waals surface area contributed by atoms with E-state index >= 15 is 0 Å². The Morgan fingerprint density at radius 3 is 2.57 bits per heavy atom. The Morgan fingerprint density at radius 2 is 2.00 bits per heavy atom. The van der Waals surface area contributed by atoms with Gasteiger partial charge >= 0.3 is 0 Å². The third-order valence-corrected chi connectivity index (χ3v) is 5.96. The Morgan fingerprint density at radius 1 is 1.24 bits per heavy atom. The van der Waals surface area contributed by atoms with Crippen LogP contribution in [0.3, 0.4) is 0 Å². The lowest BCUT2D eigenvalue weighted by Crippen LogP contribution is -1.98. The summed E-state index contributed by atoms with van der Waals surface area (Å²) in [5, 5.41) is 4.19. The van der Waals surface area contributed by atoms with Gasteiger partial charge in [0.25, 0.3) is 0 Å². The van der Waals surface area contributed by atoms with Crippen molar-refractivity contribution in [2.24, 2.45) is 0 Å². The largest absolute Gasteiger partial charge is 0.252 e. The quantitative estimate of drug-likeness (QED) is 0.742. The summed E-state index contributed by atoms with van der Waals surface area (Å²) in [4.78, 5) is 5.50. The second-order valence-corrected chi connectivity index (χ2v) is 7.56. The summed E-state index contributed by atoms with van der Waals surface area (Å²) in [7, 11) is -1.08. The fraction of sp³-hybridized carbons (Fsp3) is 0.200. The van der Waals surface area contributed by atoms with E-state index in [9.17, 15) is 4.21 Å². The molecule has 0 aliphatic carbocycles. The van der Waals surface area contributed by atoms with E-state index in [1.807, 2.05) is 50.4 Å². The number of aromatic nitrogens is 3. The molecular weight excluding hydrogens is 302 g/mol.